The maximum atomic E-state index is 13.1. The molecule has 594 valence electrons. The Hall–Kier alpha value is -1.94. The summed E-state index contributed by atoms with van der Waals surface area (Å²) in [6.45, 7) is 7.28. The molecule has 0 fully saturated rings. The van der Waals surface area contributed by atoms with Gasteiger partial charge in [0.15, 0.2) is 12.2 Å². The molecule has 2 unspecified atom stereocenters. The van der Waals surface area contributed by atoms with Gasteiger partial charge in [-0.05, 0) is 31.6 Å². The monoisotopic (exact) mass is 1470 g/mol. The SMILES string of the molecule is CCCCCCCCCCCCCCCCCCCCCC(=O)OC[C@H](COP(=O)(O)OC[C@@H](O)COP(=O)(O)OC[C@@H](COC(=O)CCCCCCC)OC(=O)CCCCCCCCCCCCCCCCC)OC(=O)CCCCCCCCCCCCCCCCCCCCC(C)C. The average Bonchev–Trinajstić information content (AvgIpc) is 1.02. The van der Waals surface area contributed by atoms with E-state index in [0.29, 0.717) is 25.7 Å². The van der Waals surface area contributed by atoms with Gasteiger partial charge in [0.05, 0.1) is 26.4 Å². The van der Waals surface area contributed by atoms with Crippen LogP contribution < -0.4 is 0 Å². The summed E-state index contributed by atoms with van der Waals surface area (Å²) in [5.41, 5.74) is 0. The molecule has 0 aliphatic rings. The lowest BCUT2D eigenvalue weighted by Crippen LogP contribution is -2.30. The van der Waals surface area contributed by atoms with Gasteiger partial charge in [-0.15, -0.1) is 0 Å². The molecule has 0 amide bonds. The van der Waals surface area contributed by atoms with Crippen LogP contribution >= 0.6 is 15.6 Å². The molecule has 0 rings (SSSR count). The zero-order valence-electron chi connectivity index (χ0n) is 65.3. The van der Waals surface area contributed by atoms with Gasteiger partial charge in [-0.2, -0.15) is 0 Å². The van der Waals surface area contributed by atoms with Crippen LogP contribution in [0.3, 0.4) is 0 Å². The van der Waals surface area contributed by atoms with Crippen LogP contribution in [-0.4, -0.2) is 96.7 Å². The first kappa shape index (κ1) is 98.1. The van der Waals surface area contributed by atoms with E-state index in [0.717, 1.165) is 102 Å². The second-order valence-electron chi connectivity index (χ2n) is 29.6. The molecule has 3 N–H and O–H groups in total. The summed E-state index contributed by atoms with van der Waals surface area (Å²) < 4.78 is 68.5. The van der Waals surface area contributed by atoms with E-state index in [1.807, 2.05) is 0 Å². The topological polar surface area (TPSA) is 237 Å². The summed E-state index contributed by atoms with van der Waals surface area (Å²) >= 11 is 0. The van der Waals surface area contributed by atoms with Gasteiger partial charge in [0, 0.05) is 25.7 Å². The molecular weight excluding hydrogens is 1310 g/mol. The van der Waals surface area contributed by atoms with Gasteiger partial charge >= 0.3 is 39.5 Å². The lowest BCUT2D eigenvalue weighted by Gasteiger charge is -2.21. The molecule has 0 aromatic carbocycles. The Labute approximate surface area is 613 Å². The number of aliphatic hydroxyl groups excluding tert-OH is 1. The van der Waals surface area contributed by atoms with Crippen molar-refractivity contribution in [3.63, 3.8) is 0 Å². The Morgan fingerprint density at radius 3 is 0.680 bits per heavy atom. The zero-order chi connectivity index (χ0) is 73.4. The van der Waals surface area contributed by atoms with Crippen molar-refractivity contribution < 1.29 is 80.2 Å². The van der Waals surface area contributed by atoms with Crippen molar-refractivity contribution in [3.05, 3.63) is 0 Å². The van der Waals surface area contributed by atoms with Gasteiger partial charge in [0.2, 0.25) is 0 Å². The van der Waals surface area contributed by atoms with Crippen LogP contribution in [0.1, 0.15) is 433 Å². The predicted octanol–water partition coefficient (Wildman–Crippen LogP) is 24.4. The highest BCUT2D eigenvalue weighted by atomic mass is 31.2. The van der Waals surface area contributed by atoms with E-state index in [-0.39, 0.29) is 25.7 Å². The van der Waals surface area contributed by atoms with Crippen molar-refractivity contribution in [2.24, 2.45) is 5.92 Å². The molecule has 19 heteroatoms. The maximum Gasteiger partial charge on any atom is 0.472 e. The molecule has 100 heavy (non-hydrogen) atoms. The van der Waals surface area contributed by atoms with Gasteiger partial charge in [-0.1, -0.05) is 381 Å². The number of aliphatic hydroxyl groups is 1. The normalized spacial score (nSPS) is 13.8. The number of unbranched alkanes of at least 4 members (excludes halogenated alkanes) is 53. The van der Waals surface area contributed by atoms with E-state index < -0.39 is 97.5 Å². The fourth-order valence-corrected chi connectivity index (χ4v) is 14.2. The van der Waals surface area contributed by atoms with E-state index in [1.54, 1.807) is 0 Å². The molecule has 0 aromatic rings. The summed E-state index contributed by atoms with van der Waals surface area (Å²) in [6.07, 6.45) is 65.7. The first-order valence-electron chi connectivity index (χ1n) is 42.1. The van der Waals surface area contributed by atoms with E-state index in [9.17, 15) is 43.2 Å². The third-order valence-corrected chi connectivity index (χ3v) is 20.9. The molecule has 5 atom stereocenters. The minimum absolute atomic E-state index is 0.108. The fourth-order valence-electron chi connectivity index (χ4n) is 12.6. The number of phosphoric ester groups is 2. The van der Waals surface area contributed by atoms with Gasteiger partial charge in [-0.3, -0.25) is 37.3 Å². The molecular formula is C81H158O17P2. The van der Waals surface area contributed by atoms with Crippen molar-refractivity contribution in [1.29, 1.82) is 0 Å². The smallest absolute Gasteiger partial charge is 0.462 e. The molecule has 0 spiro atoms. The molecule has 0 bridgehead atoms. The maximum absolute atomic E-state index is 13.1. The third-order valence-electron chi connectivity index (χ3n) is 19.0. The van der Waals surface area contributed by atoms with E-state index >= 15 is 0 Å². The first-order chi connectivity index (χ1) is 48.5. The molecule has 0 aromatic heterocycles. The standard InChI is InChI=1S/C81H158O17P2/c1-6-9-12-15-17-19-21-23-25-26-27-31-35-38-42-46-50-55-60-65-79(84)92-71-77(98-81(86)67-62-57-52-48-44-40-36-32-29-28-30-34-37-41-45-49-54-58-63-74(4)5)73-96-100(89,90)94-69-75(82)68-93-99(87,88)95-72-76(70-91-78(83)64-59-53-14-11-8-3)97-80(85)66-61-56-51-47-43-39-33-24-22-20-18-16-13-10-7-2/h74-77,82H,6-73H2,1-5H3,(H,87,88)(H,89,90)/t75-,76+,77+/m0/s1. The molecule has 17 nitrogen and oxygen atoms in total. The minimum atomic E-state index is -4.96. The number of hydrogen-bond donors (Lipinski definition) is 3. The molecule has 0 saturated carbocycles. The Morgan fingerprint density at radius 1 is 0.270 bits per heavy atom. The molecule has 0 aliphatic carbocycles. The lowest BCUT2D eigenvalue weighted by molar-refractivity contribution is -0.161. The fraction of sp³-hybridized carbons (Fsp3) is 0.951. The van der Waals surface area contributed by atoms with Crippen molar-refractivity contribution in [2.75, 3.05) is 39.6 Å². The van der Waals surface area contributed by atoms with Crippen LogP contribution in [-0.2, 0) is 65.4 Å². The van der Waals surface area contributed by atoms with Crippen molar-refractivity contribution in [1.82, 2.24) is 0 Å². The number of esters is 4. The predicted molar refractivity (Wildman–Crippen MR) is 409 cm³/mol. The Balaban J connectivity index is 5.11. The van der Waals surface area contributed by atoms with Crippen molar-refractivity contribution in [3.8, 4) is 0 Å². The van der Waals surface area contributed by atoms with E-state index in [2.05, 4.69) is 34.6 Å². The molecule has 0 radical (unpaired) electrons. The third kappa shape index (κ3) is 74.3. The Morgan fingerprint density at radius 2 is 0.460 bits per heavy atom. The number of carbonyl (C=O) groups is 4. The largest absolute Gasteiger partial charge is 0.472 e. The zero-order valence-corrected chi connectivity index (χ0v) is 67.1. The minimum Gasteiger partial charge on any atom is -0.462 e. The van der Waals surface area contributed by atoms with Gasteiger partial charge in [-0.25, -0.2) is 9.13 Å². The Bertz CT molecular complexity index is 1910. The average molecular weight is 1470 g/mol. The number of hydrogen-bond acceptors (Lipinski definition) is 15. The van der Waals surface area contributed by atoms with Crippen LogP contribution in [0.2, 0.25) is 0 Å². The van der Waals surface area contributed by atoms with E-state index in [4.69, 9.17) is 37.0 Å². The lowest BCUT2D eigenvalue weighted by atomic mass is 10.0. The summed E-state index contributed by atoms with van der Waals surface area (Å²) in [5, 5.41) is 10.6. The first-order valence-corrected chi connectivity index (χ1v) is 45.1. The molecule has 0 saturated heterocycles. The summed E-state index contributed by atoms with van der Waals surface area (Å²) in [4.78, 5) is 72.7. The quantitative estimate of drug-likeness (QED) is 0.0222. The summed E-state index contributed by atoms with van der Waals surface area (Å²) in [6, 6.07) is 0. The second kappa shape index (κ2) is 73.9. The number of rotatable bonds is 81. The summed E-state index contributed by atoms with van der Waals surface area (Å²) in [7, 11) is -9.91. The van der Waals surface area contributed by atoms with Crippen LogP contribution in [0.5, 0.6) is 0 Å². The summed E-state index contributed by atoms with van der Waals surface area (Å²) in [5.74, 6) is -1.30. The molecule has 0 aliphatic heterocycles. The number of phosphoric acid groups is 2. The van der Waals surface area contributed by atoms with Crippen molar-refractivity contribution in [2.45, 2.75) is 451 Å². The van der Waals surface area contributed by atoms with Crippen LogP contribution in [0.25, 0.3) is 0 Å². The van der Waals surface area contributed by atoms with Crippen molar-refractivity contribution >= 4 is 39.5 Å². The van der Waals surface area contributed by atoms with Gasteiger partial charge in [0.1, 0.15) is 19.3 Å². The van der Waals surface area contributed by atoms with Gasteiger partial charge < -0.3 is 33.8 Å². The van der Waals surface area contributed by atoms with Crippen LogP contribution in [0.4, 0.5) is 0 Å². The number of carbonyl (C=O) groups excluding carboxylic acids is 4. The molecule has 0 heterocycles. The van der Waals surface area contributed by atoms with Gasteiger partial charge in [0.25, 0.3) is 0 Å². The highest BCUT2D eigenvalue weighted by Gasteiger charge is 2.30. The Kier molecular flexibility index (Phi) is 72.5. The highest BCUT2D eigenvalue weighted by molar-refractivity contribution is 7.47. The van der Waals surface area contributed by atoms with E-state index in [1.165, 1.54) is 250 Å². The van der Waals surface area contributed by atoms with Crippen LogP contribution in [0, 0.1) is 5.92 Å². The second-order valence-corrected chi connectivity index (χ2v) is 32.5. The number of ether oxygens (including phenoxy) is 4. The van der Waals surface area contributed by atoms with Crippen LogP contribution in [0.15, 0.2) is 0 Å². The highest BCUT2D eigenvalue weighted by Crippen LogP contribution is 2.45.